The fourth-order valence-electron chi connectivity index (χ4n) is 2.35. The number of nitrogens with one attached hydrogen (secondary N) is 1. The number of aliphatic hydroxyl groups is 1. The third-order valence-electron chi connectivity index (χ3n) is 3.74. The van der Waals surface area contributed by atoms with Gasteiger partial charge >= 0.3 is 0 Å². The molecule has 0 amide bonds. The van der Waals surface area contributed by atoms with Crippen LogP contribution in [0.3, 0.4) is 0 Å². The van der Waals surface area contributed by atoms with E-state index in [4.69, 9.17) is 5.11 Å². The predicted octanol–water partition coefficient (Wildman–Crippen LogP) is 1.74. The van der Waals surface area contributed by atoms with Crippen molar-refractivity contribution in [2.24, 2.45) is 5.41 Å². The maximum atomic E-state index is 12.2. The Labute approximate surface area is 114 Å². The molecular weight excluding hydrogens is 262 g/mol. The van der Waals surface area contributed by atoms with E-state index in [-0.39, 0.29) is 12.0 Å². The molecule has 0 aromatic heterocycles. The predicted molar refractivity (Wildman–Crippen MR) is 74.5 cm³/mol. The molecule has 2 rings (SSSR count). The van der Waals surface area contributed by atoms with Gasteiger partial charge in [-0.2, -0.15) is 0 Å². The van der Waals surface area contributed by atoms with Crippen LogP contribution in [-0.2, 0) is 10.0 Å². The SMILES string of the molecule is Cc1cc(C)cc(S(=O)(=O)NCC2(CCO)CC2)c1. The van der Waals surface area contributed by atoms with Crippen LogP contribution in [0.1, 0.15) is 30.4 Å². The molecule has 0 atom stereocenters. The standard InChI is InChI=1S/C14H21NO3S/c1-11-7-12(2)9-13(8-11)19(17,18)15-10-14(3-4-14)5-6-16/h7-9,15-16H,3-6,10H2,1-2H3. The van der Waals surface area contributed by atoms with Crippen molar-refractivity contribution >= 4 is 10.0 Å². The van der Waals surface area contributed by atoms with Crippen LogP contribution in [0.4, 0.5) is 0 Å². The molecule has 1 aromatic carbocycles. The highest BCUT2D eigenvalue weighted by Gasteiger charge is 2.42. The van der Waals surface area contributed by atoms with Gasteiger partial charge in [-0.3, -0.25) is 0 Å². The van der Waals surface area contributed by atoms with Gasteiger partial charge in [0.05, 0.1) is 4.90 Å². The van der Waals surface area contributed by atoms with Crippen LogP contribution < -0.4 is 4.72 Å². The van der Waals surface area contributed by atoms with Crippen LogP contribution in [0.15, 0.2) is 23.1 Å². The zero-order valence-electron chi connectivity index (χ0n) is 11.4. The van der Waals surface area contributed by atoms with Crippen molar-refractivity contribution in [1.29, 1.82) is 0 Å². The normalized spacial score (nSPS) is 17.4. The van der Waals surface area contributed by atoms with E-state index in [1.54, 1.807) is 12.1 Å². The summed E-state index contributed by atoms with van der Waals surface area (Å²) in [7, 11) is -3.45. The number of hydrogen-bond acceptors (Lipinski definition) is 3. The van der Waals surface area contributed by atoms with Crippen LogP contribution in [0.2, 0.25) is 0 Å². The van der Waals surface area contributed by atoms with Crippen molar-refractivity contribution in [2.75, 3.05) is 13.2 Å². The summed E-state index contributed by atoms with van der Waals surface area (Å²) < 4.78 is 27.2. The quantitative estimate of drug-likeness (QED) is 0.836. The van der Waals surface area contributed by atoms with Gasteiger partial charge in [-0.1, -0.05) is 6.07 Å². The molecule has 4 nitrogen and oxygen atoms in total. The summed E-state index contributed by atoms with van der Waals surface area (Å²) in [6.07, 6.45) is 2.65. The molecule has 0 aliphatic heterocycles. The van der Waals surface area contributed by atoms with Gasteiger partial charge in [0.1, 0.15) is 0 Å². The Bertz CT molecular complexity index is 542. The maximum Gasteiger partial charge on any atom is 0.240 e. The minimum absolute atomic E-state index is 0.0132. The van der Waals surface area contributed by atoms with Gasteiger partial charge in [-0.05, 0) is 61.8 Å². The van der Waals surface area contributed by atoms with Crippen LogP contribution in [0, 0.1) is 19.3 Å². The van der Waals surface area contributed by atoms with E-state index in [0.29, 0.717) is 17.9 Å². The average Bonchev–Trinajstić information content (AvgIpc) is 3.06. The van der Waals surface area contributed by atoms with Crippen molar-refractivity contribution in [2.45, 2.75) is 38.0 Å². The number of rotatable bonds is 6. The highest BCUT2D eigenvalue weighted by atomic mass is 32.2. The summed E-state index contributed by atoms with van der Waals surface area (Å²) in [5, 5.41) is 8.98. The monoisotopic (exact) mass is 283 g/mol. The van der Waals surface area contributed by atoms with E-state index in [1.165, 1.54) is 0 Å². The first-order chi connectivity index (χ1) is 8.87. The smallest absolute Gasteiger partial charge is 0.240 e. The highest BCUT2D eigenvalue weighted by molar-refractivity contribution is 7.89. The second kappa shape index (κ2) is 5.23. The van der Waals surface area contributed by atoms with Gasteiger partial charge in [0.25, 0.3) is 0 Å². The third-order valence-corrected chi connectivity index (χ3v) is 5.12. The van der Waals surface area contributed by atoms with Gasteiger partial charge in [-0.15, -0.1) is 0 Å². The van der Waals surface area contributed by atoms with Crippen molar-refractivity contribution in [1.82, 2.24) is 4.72 Å². The Morgan fingerprint density at radius 1 is 1.21 bits per heavy atom. The zero-order chi connectivity index (χ0) is 14.1. The van der Waals surface area contributed by atoms with Crippen LogP contribution in [0.25, 0.3) is 0 Å². The first-order valence-corrected chi connectivity index (χ1v) is 8.04. The number of sulfonamides is 1. The number of aryl methyl sites for hydroxylation is 2. The lowest BCUT2D eigenvalue weighted by atomic mass is 10.0. The van der Waals surface area contributed by atoms with Crippen LogP contribution in [0.5, 0.6) is 0 Å². The zero-order valence-corrected chi connectivity index (χ0v) is 12.3. The first-order valence-electron chi connectivity index (χ1n) is 6.56. The van der Waals surface area contributed by atoms with Crippen LogP contribution >= 0.6 is 0 Å². The minimum atomic E-state index is -3.45. The largest absolute Gasteiger partial charge is 0.396 e. The fraction of sp³-hybridized carbons (Fsp3) is 0.571. The van der Waals surface area contributed by atoms with E-state index >= 15 is 0 Å². The third kappa shape index (κ3) is 3.55. The van der Waals surface area contributed by atoms with Crippen molar-refractivity contribution < 1.29 is 13.5 Å². The number of benzene rings is 1. The summed E-state index contributed by atoms with van der Waals surface area (Å²) in [6, 6.07) is 5.31. The van der Waals surface area contributed by atoms with E-state index in [1.807, 2.05) is 19.9 Å². The maximum absolute atomic E-state index is 12.2. The molecule has 1 aromatic rings. The molecule has 106 valence electrons. The highest BCUT2D eigenvalue weighted by Crippen LogP contribution is 2.48. The molecule has 1 saturated carbocycles. The van der Waals surface area contributed by atoms with E-state index < -0.39 is 10.0 Å². The summed E-state index contributed by atoms with van der Waals surface area (Å²) in [5.74, 6) is 0. The summed E-state index contributed by atoms with van der Waals surface area (Å²) >= 11 is 0. The Kier molecular flexibility index (Phi) is 3.99. The van der Waals surface area contributed by atoms with E-state index in [2.05, 4.69) is 4.72 Å². The molecule has 2 N–H and O–H groups in total. The van der Waals surface area contributed by atoms with Gasteiger partial charge in [0.15, 0.2) is 0 Å². The lowest BCUT2D eigenvalue weighted by Crippen LogP contribution is -2.30. The molecule has 19 heavy (non-hydrogen) atoms. The molecule has 1 aliphatic rings. The summed E-state index contributed by atoms with van der Waals surface area (Å²) in [4.78, 5) is 0.324. The summed E-state index contributed by atoms with van der Waals surface area (Å²) in [6.45, 7) is 4.31. The minimum Gasteiger partial charge on any atom is -0.396 e. The van der Waals surface area contributed by atoms with Crippen molar-refractivity contribution in [3.63, 3.8) is 0 Å². The molecule has 0 heterocycles. The number of hydrogen-bond donors (Lipinski definition) is 2. The van der Waals surface area contributed by atoms with Crippen molar-refractivity contribution in [3.8, 4) is 0 Å². The molecule has 0 spiro atoms. The van der Waals surface area contributed by atoms with Crippen molar-refractivity contribution in [3.05, 3.63) is 29.3 Å². The Morgan fingerprint density at radius 2 is 1.79 bits per heavy atom. The lowest BCUT2D eigenvalue weighted by molar-refractivity contribution is 0.249. The molecule has 5 heteroatoms. The molecule has 1 aliphatic carbocycles. The lowest BCUT2D eigenvalue weighted by Gasteiger charge is -2.15. The van der Waals surface area contributed by atoms with Gasteiger partial charge in [0.2, 0.25) is 10.0 Å². The van der Waals surface area contributed by atoms with Gasteiger partial charge in [0, 0.05) is 13.2 Å². The second-order valence-corrected chi connectivity index (χ2v) is 7.39. The topological polar surface area (TPSA) is 66.4 Å². The van der Waals surface area contributed by atoms with Gasteiger partial charge < -0.3 is 5.11 Å². The second-order valence-electron chi connectivity index (χ2n) is 5.62. The Balaban J connectivity index is 2.10. The van der Waals surface area contributed by atoms with Gasteiger partial charge in [-0.25, -0.2) is 13.1 Å². The molecular formula is C14H21NO3S. The first kappa shape index (κ1) is 14.5. The van der Waals surface area contributed by atoms with E-state index in [9.17, 15) is 8.42 Å². The number of aliphatic hydroxyl groups excluding tert-OH is 1. The molecule has 0 unspecified atom stereocenters. The fourth-order valence-corrected chi connectivity index (χ4v) is 3.69. The van der Waals surface area contributed by atoms with E-state index in [0.717, 1.165) is 24.0 Å². The summed E-state index contributed by atoms with van der Waals surface area (Å²) in [5.41, 5.74) is 1.87. The molecule has 0 saturated heterocycles. The molecule has 0 bridgehead atoms. The average molecular weight is 283 g/mol. The molecule has 0 radical (unpaired) electrons. The molecule has 1 fully saturated rings. The Hall–Kier alpha value is -0.910. The van der Waals surface area contributed by atoms with Crippen LogP contribution in [-0.4, -0.2) is 26.7 Å². The Morgan fingerprint density at radius 3 is 2.26 bits per heavy atom.